The lowest BCUT2D eigenvalue weighted by Gasteiger charge is -2.15. The lowest BCUT2D eigenvalue weighted by atomic mass is 10.3. The van der Waals surface area contributed by atoms with Crippen molar-refractivity contribution in [3.8, 4) is 6.19 Å². The number of primary sulfonamides is 1. The van der Waals surface area contributed by atoms with Crippen molar-refractivity contribution in [2.75, 3.05) is 4.90 Å². The molecular formula is C8H9N5O2S. The predicted molar refractivity (Wildman–Crippen MR) is 57.8 cm³/mol. The third-order valence-electron chi connectivity index (χ3n) is 1.75. The molecule has 84 valence electrons. The van der Waals surface area contributed by atoms with Gasteiger partial charge in [0, 0.05) is 0 Å². The van der Waals surface area contributed by atoms with Crippen molar-refractivity contribution in [2.45, 2.75) is 4.90 Å². The fourth-order valence-corrected chi connectivity index (χ4v) is 1.84. The van der Waals surface area contributed by atoms with Gasteiger partial charge in [-0.2, -0.15) is 5.26 Å². The van der Waals surface area contributed by atoms with Crippen molar-refractivity contribution in [3.63, 3.8) is 0 Å². The molecule has 0 unspecified atom stereocenters. The molecule has 0 aliphatic carbocycles. The van der Waals surface area contributed by atoms with Crippen LogP contribution in [-0.2, 0) is 10.0 Å². The van der Waals surface area contributed by atoms with Crippen molar-refractivity contribution in [1.29, 1.82) is 10.7 Å². The normalized spacial score (nSPS) is 10.5. The van der Waals surface area contributed by atoms with E-state index in [-0.39, 0.29) is 10.6 Å². The van der Waals surface area contributed by atoms with E-state index in [0.717, 1.165) is 0 Å². The summed E-state index contributed by atoms with van der Waals surface area (Å²) in [6.45, 7) is 0. The van der Waals surface area contributed by atoms with E-state index in [1.165, 1.54) is 24.3 Å². The van der Waals surface area contributed by atoms with Crippen LogP contribution in [0.25, 0.3) is 0 Å². The zero-order valence-electron chi connectivity index (χ0n) is 8.08. The summed E-state index contributed by atoms with van der Waals surface area (Å²) in [6, 6.07) is 5.54. The topological polar surface area (TPSA) is 137 Å². The van der Waals surface area contributed by atoms with Crippen LogP contribution in [0, 0.1) is 16.9 Å². The van der Waals surface area contributed by atoms with Crippen molar-refractivity contribution < 1.29 is 8.42 Å². The number of nitrogens with one attached hydrogen (secondary N) is 1. The Hall–Kier alpha value is -2.11. The van der Waals surface area contributed by atoms with Gasteiger partial charge in [0.1, 0.15) is 4.90 Å². The summed E-state index contributed by atoms with van der Waals surface area (Å²) in [4.78, 5) is 0.409. The van der Waals surface area contributed by atoms with Gasteiger partial charge >= 0.3 is 0 Å². The highest BCUT2D eigenvalue weighted by Crippen LogP contribution is 2.22. The van der Waals surface area contributed by atoms with Gasteiger partial charge < -0.3 is 5.73 Å². The minimum atomic E-state index is -3.97. The van der Waals surface area contributed by atoms with Crippen molar-refractivity contribution in [1.82, 2.24) is 0 Å². The van der Waals surface area contributed by atoms with Gasteiger partial charge in [-0.25, -0.2) is 18.5 Å². The summed E-state index contributed by atoms with van der Waals surface area (Å²) >= 11 is 0. The Bertz CT molecular complexity index is 560. The second-order valence-electron chi connectivity index (χ2n) is 2.83. The van der Waals surface area contributed by atoms with Crippen LogP contribution >= 0.6 is 0 Å². The molecular weight excluding hydrogens is 230 g/mol. The molecule has 7 nitrogen and oxygen atoms in total. The van der Waals surface area contributed by atoms with Crippen LogP contribution in [0.4, 0.5) is 5.69 Å². The van der Waals surface area contributed by atoms with Gasteiger partial charge in [-0.1, -0.05) is 12.1 Å². The van der Waals surface area contributed by atoms with E-state index in [2.05, 4.69) is 0 Å². The molecule has 1 rings (SSSR count). The number of nitrogens with zero attached hydrogens (tertiary/aromatic N) is 2. The van der Waals surface area contributed by atoms with E-state index in [4.69, 9.17) is 21.5 Å². The third kappa shape index (κ3) is 2.28. The number of sulfonamides is 1. The molecule has 0 saturated heterocycles. The third-order valence-corrected chi connectivity index (χ3v) is 2.71. The van der Waals surface area contributed by atoms with Gasteiger partial charge in [-0.15, -0.1) is 0 Å². The van der Waals surface area contributed by atoms with Crippen LogP contribution in [0.5, 0.6) is 0 Å². The van der Waals surface area contributed by atoms with Crippen molar-refractivity contribution in [2.24, 2.45) is 10.9 Å². The number of para-hydroxylation sites is 1. The van der Waals surface area contributed by atoms with Gasteiger partial charge in [0.25, 0.3) is 0 Å². The number of nitriles is 1. The van der Waals surface area contributed by atoms with Gasteiger partial charge in [0.15, 0.2) is 6.19 Å². The number of anilines is 1. The number of benzene rings is 1. The summed E-state index contributed by atoms with van der Waals surface area (Å²) in [7, 11) is -3.97. The first-order valence-electron chi connectivity index (χ1n) is 4.03. The average Bonchev–Trinajstić information content (AvgIpc) is 2.17. The zero-order chi connectivity index (χ0) is 12.3. The Balaban J connectivity index is 3.47. The quantitative estimate of drug-likeness (QED) is 0.277. The van der Waals surface area contributed by atoms with Crippen LogP contribution in [0.2, 0.25) is 0 Å². The van der Waals surface area contributed by atoms with Crippen LogP contribution in [0.1, 0.15) is 0 Å². The molecule has 0 bridgehead atoms. The van der Waals surface area contributed by atoms with E-state index in [9.17, 15) is 8.42 Å². The fraction of sp³-hybridized carbons (Fsp3) is 0. The zero-order valence-corrected chi connectivity index (χ0v) is 8.90. The minimum absolute atomic E-state index is 0.0417. The molecule has 5 N–H and O–H groups in total. The first-order valence-corrected chi connectivity index (χ1v) is 5.58. The second kappa shape index (κ2) is 4.18. The number of hydrogen-bond donors (Lipinski definition) is 3. The maximum absolute atomic E-state index is 11.2. The molecule has 0 atom stereocenters. The molecule has 16 heavy (non-hydrogen) atoms. The van der Waals surface area contributed by atoms with Crippen LogP contribution in [0.15, 0.2) is 29.2 Å². The molecule has 0 radical (unpaired) electrons. The largest absolute Gasteiger partial charge is 0.369 e. The SMILES string of the molecule is N#CN(C(=N)N)c1ccccc1S(N)(=O)=O. The summed E-state index contributed by atoms with van der Waals surface area (Å²) in [5.41, 5.74) is 5.10. The van der Waals surface area contributed by atoms with E-state index in [1.807, 2.05) is 0 Å². The molecule has 0 amide bonds. The van der Waals surface area contributed by atoms with E-state index < -0.39 is 16.0 Å². The number of hydrogen-bond acceptors (Lipinski definition) is 4. The summed E-state index contributed by atoms with van der Waals surface area (Å²) in [5, 5.41) is 20.9. The summed E-state index contributed by atoms with van der Waals surface area (Å²) in [5.74, 6) is -0.585. The highest BCUT2D eigenvalue weighted by atomic mass is 32.2. The molecule has 0 spiro atoms. The van der Waals surface area contributed by atoms with Gasteiger partial charge in [0.2, 0.25) is 16.0 Å². The number of nitrogens with two attached hydrogens (primary N) is 2. The Morgan fingerprint density at radius 3 is 2.44 bits per heavy atom. The maximum Gasteiger partial charge on any atom is 0.240 e. The maximum atomic E-state index is 11.2. The highest BCUT2D eigenvalue weighted by Gasteiger charge is 2.19. The van der Waals surface area contributed by atoms with Crippen LogP contribution in [0.3, 0.4) is 0 Å². The first-order chi connectivity index (χ1) is 7.38. The van der Waals surface area contributed by atoms with Crippen LogP contribution < -0.4 is 15.8 Å². The van der Waals surface area contributed by atoms with E-state index in [0.29, 0.717) is 4.90 Å². The molecule has 0 fully saturated rings. The molecule has 1 aromatic carbocycles. The Morgan fingerprint density at radius 2 is 2.00 bits per heavy atom. The molecule has 8 heteroatoms. The van der Waals surface area contributed by atoms with Crippen molar-refractivity contribution >= 4 is 21.7 Å². The molecule has 0 aromatic heterocycles. The smallest absolute Gasteiger partial charge is 0.240 e. The molecule has 0 aliphatic rings. The molecule has 0 saturated carbocycles. The van der Waals surface area contributed by atoms with Gasteiger partial charge in [-0.05, 0) is 12.1 Å². The number of guanidine groups is 1. The summed E-state index contributed by atoms with van der Waals surface area (Å²) in [6.07, 6.45) is 1.59. The lowest BCUT2D eigenvalue weighted by molar-refractivity contribution is 0.598. The molecule has 0 heterocycles. The monoisotopic (exact) mass is 239 g/mol. The van der Waals surface area contributed by atoms with E-state index >= 15 is 0 Å². The van der Waals surface area contributed by atoms with Gasteiger partial charge in [0.05, 0.1) is 5.69 Å². The number of rotatable bonds is 2. The minimum Gasteiger partial charge on any atom is -0.369 e. The second-order valence-corrected chi connectivity index (χ2v) is 4.36. The van der Waals surface area contributed by atoms with Gasteiger partial charge in [-0.3, -0.25) is 5.41 Å². The molecule has 0 aliphatic heterocycles. The Morgan fingerprint density at radius 1 is 1.44 bits per heavy atom. The average molecular weight is 239 g/mol. The van der Waals surface area contributed by atoms with Crippen LogP contribution in [-0.4, -0.2) is 14.4 Å². The Kier molecular flexibility index (Phi) is 3.12. The highest BCUT2D eigenvalue weighted by molar-refractivity contribution is 7.89. The standard InChI is InChI=1S/C8H9N5O2S/c9-5-13(8(10)11)6-3-1-2-4-7(6)16(12,14)15/h1-4H,(H3,10,11)(H2,12,14,15). The fourth-order valence-electron chi connectivity index (χ4n) is 1.12. The Labute approximate surface area is 92.4 Å². The van der Waals surface area contributed by atoms with E-state index in [1.54, 1.807) is 6.19 Å². The first kappa shape index (κ1) is 12.0. The van der Waals surface area contributed by atoms with Crippen molar-refractivity contribution in [3.05, 3.63) is 24.3 Å². The summed E-state index contributed by atoms with van der Waals surface area (Å²) < 4.78 is 22.5. The predicted octanol–water partition coefficient (Wildman–Crippen LogP) is -0.485. The molecule has 1 aromatic rings. The lowest BCUT2D eigenvalue weighted by Crippen LogP contribution is -2.33.